The predicted octanol–water partition coefficient (Wildman–Crippen LogP) is 4.96. The maximum atomic E-state index is 12.1. The molecule has 0 aliphatic heterocycles. The van der Waals surface area contributed by atoms with Gasteiger partial charge in [-0.3, -0.25) is 4.79 Å². The summed E-state index contributed by atoms with van der Waals surface area (Å²) in [4.78, 5) is 21.8. The largest absolute Gasteiger partial charge is 0.339 e. The molecular formula is C19H21BrN4O2S. The number of nitrogens with one attached hydrogen (secondary N) is 1. The van der Waals surface area contributed by atoms with Crippen molar-refractivity contribution < 1.29 is 9.32 Å². The molecule has 1 amide bonds. The monoisotopic (exact) mass is 448 g/mol. The molecule has 0 saturated heterocycles. The second kappa shape index (κ2) is 9.23. The number of aryl methyl sites for hydroxylation is 1. The van der Waals surface area contributed by atoms with E-state index in [2.05, 4.69) is 48.5 Å². The summed E-state index contributed by atoms with van der Waals surface area (Å²) in [7, 11) is 0. The van der Waals surface area contributed by atoms with E-state index in [4.69, 9.17) is 4.52 Å². The summed E-state index contributed by atoms with van der Waals surface area (Å²) in [5, 5.41) is 7.42. The van der Waals surface area contributed by atoms with E-state index in [1.165, 1.54) is 16.9 Å². The van der Waals surface area contributed by atoms with Crippen LogP contribution in [0.3, 0.4) is 0 Å². The quantitative estimate of drug-likeness (QED) is 0.526. The molecule has 2 aromatic heterocycles. The van der Waals surface area contributed by atoms with Crippen molar-refractivity contribution in [1.82, 2.24) is 15.1 Å². The van der Waals surface area contributed by atoms with Crippen LogP contribution in [0.5, 0.6) is 0 Å². The number of thiazole rings is 1. The molecule has 8 heteroatoms. The zero-order chi connectivity index (χ0) is 19.2. The van der Waals surface area contributed by atoms with E-state index in [1.807, 2.05) is 32.2 Å². The molecule has 0 radical (unpaired) electrons. The van der Waals surface area contributed by atoms with Gasteiger partial charge in [-0.05, 0) is 24.1 Å². The molecule has 1 N–H and O–H groups in total. The minimum Gasteiger partial charge on any atom is -0.339 e. The Balaban J connectivity index is 1.44. The first-order valence-electron chi connectivity index (χ1n) is 8.81. The average molecular weight is 449 g/mol. The van der Waals surface area contributed by atoms with Crippen molar-refractivity contribution in [2.24, 2.45) is 0 Å². The zero-order valence-corrected chi connectivity index (χ0v) is 17.6. The first kappa shape index (κ1) is 19.7. The SMILES string of the molecule is CC(C)c1noc(CCCC(=O)Nc2ncc(Cc3ccc(Br)cc3)s2)n1. The highest BCUT2D eigenvalue weighted by Crippen LogP contribution is 2.22. The van der Waals surface area contributed by atoms with E-state index in [1.54, 1.807) is 0 Å². The first-order chi connectivity index (χ1) is 13.0. The number of carbonyl (C=O) groups is 1. The second-order valence-corrected chi connectivity index (χ2v) is 8.57. The third kappa shape index (κ3) is 5.97. The third-order valence-corrected chi connectivity index (χ3v) is 5.33. The average Bonchev–Trinajstić information content (AvgIpc) is 3.27. The molecule has 0 aliphatic carbocycles. The Labute approximate surface area is 170 Å². The van der Waals surface area contributed by atoms with Crippen LogP contribution in [0.25, 0.3) is 0 Å². The molecule has 6 nitrogen and oxygen atoms in total. The van der Waals surface area contributed by atoms with Crippen LogP contribution in [0.1, 0.15) is 54.8 Å². The van der Waals surface area contributed by atoms with Crippen molar-refractivity contribution in [3.8, 4) is 0 Å². The van der Waals surface area contributed by atoms with Crippen LogP contribution in [-0.4, -0.2) is 21.0 Å². The van der Waals surface area contributed by atoms with Crippen LogP contribution in [0.15, 0.2) is 39.5 Å². The molecule has 3 rings (SSSR count). The maximum absolute atomic E-state index is 12.1. The predicted molar refractivity (Wildman–Crippen MR) is 109 cm³/mol. The lowest BCUT2D eigenvalue weighted by Gasteiger charge is -2.00. The fraction of sp³-hybridized carbons (Fsp3) is 0.368. The number of anilines is 1. The van der Waals surface area contributed by atoms with Crippen LogP contribution in [0.4, 0.5) is 5.13 Å². The van der Waals surface area contributed by atoms with Gasteiger partial charge in [-0.15, -0.1) is 11.3 Å². The summed E-state index contributed by atoms with van der Waals surface area (Å²) in [6.45, 7) is 4.03. The molecular weight excluding hydrogens is 428 g/mol. The fourth-order valence-electron chi connectivity index (χ4n) is 2.44. The van der Waals surface area contributed by atoms with Crippen molar-refractivity contribution in [3.05, 3.63) is 57.1 Å². The molecule has 0 bridgehead atoms. The van der Waals surface area contributed by atoms with Crippen molar-refractivity contribution in [2.75, 3.05) is 5.32 Å². The fourth-order valence-corrected chi connectivity index (χ4v) is 3.56. The Kier molecular flexibility index (Phi) is 6.73. The van der Waals surface area contributed by atoms with Gasteiger partial charge in [-0.25, -0.2) is 4.98 Å². The van der Waals surface area contributed by atoms with E-state index < -0.39 is 0 Å². The highest BCUT2D eigenvalue weighted by Gasteiger charge is 2.11. The van der Waals surface area contributed by atoms with Gasteiger partial charge in [0.1, 0.15) is 0 Å². The number of carbonyl (C=O) groups excluding carboxylic acids is 1. The van der Waals surface area contributed by atoms with Gasteiger partial charge in [0, 0.05) is 40.7 Å². The van der Waals surface area contributed by atoms with Crippen molar-refractivity contribution >= 4 is 38.3 Å². The summed E-state index contributed by atoms with van der Waals surface area (Å²) in [6.07, 6.45) is 4.26. The smallest absolute Gasteiger partial charge is 0.226 e. The normalized spacial score (nSPS) is 11.1. The Morgan fingerprint density at radius 1 is 1.30 bits per heavy atom. The molecule has 0 unspecified atom stereocenters. The summed E-state index contributed by atoms with van der Waals surface area (Å²) >= 11 is 4.94. The maximum Gasteiger partial charge on any atom is 0.226 e. The number of amides is 1. The van der Waals surface area contributed by atoms with Crippen LogP contribution in [0, 0.1) is 0 Å². The molecule has 0 spiro atoms. The molecule has 0 aliphatic rings. The summed E-state index contributed by atoms with van der Waals surface area (Å²) in [5.74, 6) is 1.47. The second-order valence-electron chi connectivity index (χ2n) is 6.54. The zero-order valence-electron chi connectivity index (χ0n) is 15.2. The molecule has 142 valence electrons. The highest BCUT2D eigenvalue weighted by atomic mass is 79.9. The van der Waals surface area contributed by atoms with E-state index in [0.717, 1.165) is 15.8 Å². The summed E-state index contributed by atoms with van der Waals surface area (Å²) in [6, 6.07) is 8.19. The van der Waals surface area contributed by atoms with Gasteiger partial charge in [-0.2, -0.15) is 4.98 Å². The van der Waals surface area contributed by atoms with E-state index in [0.29, 0.717) is 36.1 Å². The lowest BCUT2D eigenvalue weighted by atomic mass is 10.1. The van der Waals surface area contributed by atoms with E-state index >= 15 is 0 Å². The van der Waals surface area contributed by atoms with Crippen LogP contribution in [-0.2, 0) is 17.6 Å². The Bertz CT molecular complexity index is 889. The summed E-state index contributed by atoms with van der Waals surface area (Å²) < 4.78 is 6.25. The van der Waals surface area contributed by atoms with E-state index in [9.17, 15) is 4.79 Å². The minimum atomic E-state index is -0.0526. The molecule has 2 heterocycles. The van der Waals surface area contributed by atoms with Gasteiger partial charge < -0.3 is 9.84 Å². The Morgan fingerprint density at radius 3 is 2.78 bits per heavy atom. The standard InChI is InChI=1S/C19H21BrN4O2S/c1-12(2)18-23-17(26-24-18)5-3-4-16(25)22-19-21-11-15(27-19)10-13-6-8-14(20)9-7-13/h6-9,11-12H,3-5,10H2,1-2H3,(H,21,22,25). The van der Waals surface area contributed by atoms with Gasteiger partial charge in [-0.1, -0.05) is 47.1 Å². The lowest BCUT2D eigenvalue weighted by Crippen LogP contribution is -2.11. The van der Waals surface area contributed by atoms with Crippen LogP contribution in [0.2, 0.25) is 0 Å². The molecule has 0 fully saturated rings. The van der Waals surface area contributed by atoms with Gasteiger partial charge in [0.25, 0.3) is 0 Å². The number of halogens is 1. The van der Waals surface area contributed by atoms with Gasteiger partial charge >= 0.3 is 0 Å². The molecule has 0 atom stereocenters. The Hall–Kier alpha value is -2.06. The first-order valence-corrected chi connectivity index (χ1v) is 10.4. The summed E-state index contributed by atoms with van der Waals surface area (Å²) in [5.41, 5.74) is 1.21. The van der Waals surface area contributed by atoms with Crippen LogP contribution >= 0.6 is 27.3 Å². The van der Waals surface area contributed by atoms with Crippen molar-refractivity contribution in [3.63, 3.8) is 0 Å². The number of rotatable bonds is 8. The molecule has 1 aromatic carbocycles. The third-order valence-electron chi connectivity index (χ3n) is 3.89. The Morgan fingerprint density at radius 2 is 2.07 bits per heavy atom. The topological polar surface area (TPSA) is 80.9 Å². The highest BCUT2D eigenvalue weighted by molar-refractivity contribution is 9.10. The van der Waals surface area contributed by atoms with Crippen LogP contribution < -0.4 is 5.32 Å². The van der Waals surface area contributed by atoms with Gasteiger partial charge in [0.05, 0.1) is 0 Å². The number of hydrogen-bond acceptors (Lipinski definition) is 6. The van der Waals surface area contributed by atoms with Crippen molar-refractivity contribution in [2.45, 2.75) is 45.4 Å². The molecule has 27 heavy (non-hydrogen) atoms. The van der Waals surface area contributed by atoms with Gasteiger partial charge in [0.15, 0.2) is 11.0 Å². The number of nitrogens with zero attached hydrogens (tertiary/aromatic N) is 3. The molecule has 0 saturated carbocycles. The van der Waals surface area contributed by atoms with Gasteiger partial charge in [0.2, 0.25) is 11.8 Å². The number of benzene rings is 1. The molecule has 3 aromatic rings. The van der Waals surface area contributed by atoms with E-state index in [-0.39, 0.29) is 11.8 Å². The minimum absolute atomic E-state index is 0.0526. The number of aromatic nitrogens is 3. The lowest BCUT2D eigenvalue weighted by molar-refractivity contribution is -0.116. The van der Waals surface area contributed by atoms with Crippen molar-refractivity contribution in [1.29, 1.82) is 0 Å². The number of hydrogen-bond donors (Lipinski definition) is 1.